The van der Waals surface area contributed by atoms with E-state index in [0.717, 1.165) is 22.4 Å². The molecule has 1 saturated heterocycles. The molecule has 5 N–H and O–H groups in total. The molecule has 1 aliphatic heterocycles. The summed E-state index contributed by atoms with van der Waals surface area (Å²) in [4.78, 5) is 43.2. The van der Waals surface area contributed by atoms with Crippen molar-refractivity contribution < 1.29 is 24.2 Å². The first-order valence-electron chi connectivity index (χ1n) is 17.5. The average molecular weight is 672 g/mol. The fourth-order valence-electron chi connectivity index (χ4n) is 6.61. The maximum absolute atomic E-state index is 14.4. The van der Waals surface area contributed by atoms with Crippen LogP contribution < -0.4 is 26.0 Å². The second kappa shape index (κ2) is 18.4. The Labute approximate surface area is 291 Å². The number of nitrogens with one attached hydrogen (secondary N) is 4. The lowest BCUT2D eigenvalue weighted by atomic mass is 9.81. The Morgan fingerprint density at radius 2 is 1.63 bits per heavy atom. The van der Waals surface area contributed by atoms with Gasteiger partial charge in [-0.3, -0.25) is 9.59 Å². The highest BCUT2D eigenvalue weighted by Crippen LogP contribution is 2.34. The molecule has 264 valence electrons. The Balaban J connectivity index is 1.57. The quantitative estimate of drug-likeness (QED) is 0.138. The van der Waals surface area contributed by atoms with Gasteiger partial charge in [0, 0.05) is 26.2 Å². The number of nitrogens with zero attached hydrogens (tertiary/aromatic N) is 1. The highest BCUT2D eigenvalue weighted by atomic mass is 16.5. The molecule has 3 aromatic carbocycles. The zero-order valence-electron chi connectivity index (χ0n) is 29.3. The van der Waals surface area contributed by atoms with Crippen LogP contribution in [0.2, 0.25) is 0 Å². The van der Waals surface area contributed by atoms with Crippen LogP contribution in [0.1, 0.15) is 56.7 Å². The molecule has 4 rings (SSSR count). The first kappa shape index (κ1) is 37.4. The molecule has 3 aromatic rings. The first-order chi connectivity index (χ1) is 23.7. The number of amides is 4. The first-order valence-corrected chi connectivity index (χ1v) is 17.5. The summed E-state index contributed by atoms with van der Waals surface area (Å²) in [5, 5.41) is 23.7. The van der Waals surface area contributed by atoms with E-state index in [1.807, 2.05) is 106 Å². The summed E-state index contributed by atoms with van der Waals surface area (Å²) in [6, 6.07) is 25.5. The summed E-state index contributed by atoms with van der Waals surface area (Å²) in [6.07, 6.45) is 1.54. The Kier molecular flexibility index (Phi) is 14.0. The van der Waals surface area contributed by atoms with E-state index in [-0.39, 0.29) is 24.3 Å². The van der Waals surface area contributed by atoms with Gasteiger partial charge in [0.05, 0.1) is 19.3 Å². The van der Waals surface area contributed by atoms with E-state index in [1.165, 1.54) is 0 Å². The molecular weight excluding hydrogens is 618 g/mol. The molecule has 0 saturated carbocycles. The zero-order valence-corrected chi connectivity index (χ0v) is 29.3. The lowest BCUT2D eigenvalue weighted by Crippen LogP contribution is -2.62. The predicted molar refractivity (Wildman–Crippen MR) is 192 cm³/mol. The van der Waals surface area contributed by atoms with Crippen molar-refractivity contribution in [2.24, 2.45) is 5.92 Å². The molecule has 0 spiro atoms. The van der Waals surface area contributed by atoms with Crippen molar-refractivity contribution in [3.05, 3.63) is 102 Å². The summed E-state index contributed by atoms with van der Waals surface area (Å²) >= 11 is 0. The number of urea groups is 1. The molecule has 5 atom stereocenters. The topological polar surface area (TPSA) is 132 Å². The number of methoxy groups -OCH3 is 1. The molecule has 49 heavy (non-hydrogen) atoms. The maximum Gasteiger partial charge on any atom is 0.315 e. The largest absolute Gasteiger partial charge is 0.497 e. The van der Waals surface area contributed by atoms with Crippen molar-refractivity contribution in [1.82, 2.24) is 26.2 Å². The van der Waals surface area contributed by atoms with Gasteiger partial charge in [-0.05, 0) is 67.3 Å². The van der Waals surface area contributed by atoms with Gasteiger partial charge in [-0.15, -0.1) is 0 Å². The predicted octanol–water partition coefficient (Wildman–Crippen LogP) is 4.21. The van der Waals surface area contributed by atoms with Gasteiger partial charge in [-0.1, -0.05) is 93.1 Å². The highest BCUT2D eigenvalue weighted by molar-refractivity contribution is 5.96. The van der Waals surface area contributed by atoms with Gasteiger partial charge in [0.1, 0.15) is 17.3 Å². The lowest BCUT2D eigenvalue weighted by molar-refractivity contribution is -0.142. The molecular formula is C39H53N5O5. The minimum atomic E-state index is -1.12. The Hall–Kier alpha value is -4.41. The number of carbonyl (C=O) groups is 3. The molecule has 0 radical (unpaired) electrons. The summed E-state index contributed by atoms with van der Waals surface area (Å²) in [5.41, 5.74) is 1.92. The van der Waals surface area contributed by atoms with Crippen LogP contribution in [0.5, 0.6) is 5.75 Å². The number of aliphatic hydroxyl groups excluding tert-OH is 1. The number of aliphatic hydroxyl groups is 1. The van der Waals surface area contributed by atoms with E-state index in [4.69, 9.17) is 4.74 Å². The number of rotatable bonds is 18. The molecule has 10 nitrogen and oxygen atoms in total. The zero-order chi connectivity index (χ0) is 35.2. The van der Waals surface area contributed by atoms with Gasteiger partial charge in [-0.2, -0.15) is 0 Å². The normalized spacial score (nSPS) is 18.3. The Morgan fingerprint density at radius 3 is 2.29 bits per heavy atom. The van der Waals surface area contributed by atoms with Gasteiger partial charge < -0.3 is 36.0 Å². The van der Waals surface area contributed by atoms with Gasteiger partial charge in [0.2, 0.25) is 11.8 Å². The van der Waals surface area contributed by atoms with Crippen LogP contribution in [-0.4, -0.2) is 78.3 Å². The summed E-state index contributed by atoms with van der Waals surface area (Å²) in [6.45, 7) is 7.31. The van der Waals surface area contributed by atoms with Gasteiger partial charge in [0.15, 0.2) is 0 Å². The molecule has 0 aliphatic carbocycles. The second-order valence-electron chi connectivity index (χ2n) is 12.9. The third kappa shape index (κ3) is 10.1. The Bertz CT molecular complexity index is 1490. The van der Waals surface area contributed by atoms with Gasteiger partial charge in [0.25, 0.3) is 0 Å². The number of likely N-dealkylation sites (tertiary alicyclic amines) is 1. The smallest absolute Gasteiger partial charge is 0.315 e. The molecule has 1 heterocycles. The third-order valence-electron chi connectivity index (χ3n) is 9.65. The molecule has 4 amide bonds. The number of carbonyl (C=O) groups excluding carboxylic acids is 3. The van der Waals surface area contributed by atoms with E-state index in [0.29, 0.717) is 51.7 Å². The van der Waals surface area contributed by atoms with Crippen molar-refractivity contribution in [2.45, 2.75) is 83.1 Å². The van der Waals surface area contributed by atoms with E-state index < -0.39 is 29.8 Å². The standard InChI is InChI=1S/C39H53N5O5/c1-5-28(3)39(43-38(48)41-6-2)22-23-44(37(39)47)34(21-20-29-14-9-7-10-15-29)36(46)42-33(25-30-16-11-8-12-17-30)35(45)27-40-26-31-18-13-19-32(24-31)49-4/h7-19,24,28,33-35,40,45H,5-6,20-23,25-27H2,1-4H3,(H,42,46)(H2,41,43,48)/t28-,33-,34-,35?,39-/m0/s1. The van der Waals surface area contributed by atoms with Crippen LogP contribution in [0.3, 0.4) is 0 Å². The number of hydrogen-bond acceptors (Lipinski definition) is 6. The molecule has 0 aromatic heterocycles. The summed E-state index contributed by atoms with van der Waals surface area (Å²) < 4.78 is 5.34. The lowest BCUT2D eigenvalue weighted by Gasteiger charge is -2.36. The van der Waals surface area contributed by atoms with Crippen molar-refractivity contribution in [3.8, 4) is 5.75 Å². The van der Waals surface area contributed by atoms with E-state index in [2.05, 4.69) is 21.3 Å². The van der Waals surface area contributed by atoms with Gasteiger partial charge >= 0.3 is 6.03 Å². The van der Waals surface area contributed by atoms with Crippen LogP contribution >= 0.6 is 0 Å². The third-order valence-corrected chi connectivity index (χ3v) is 9.65. The molecule has 1 fully saturated rings. The van der Waals surface area contributed by atoms with Gasteiger partial charge in [-0.25, -0.2) is 4.79 Å². The molecule has 1 unspecified atom stereocenters. The van der Waals surface area contributed by atoms with Crippen molar-refractivity contribution >= 4 is 17.8 Å². The SMILES string of the molecule is CCNC(=O)N[C@]1([C@@H](C)CC)CCN([C@@H](CCc2ccccc2)C(=O)N[C@@H](Cc2ccccc2)C(O)CNCc2cccc(OC)c2)C1=O. The number of aryl methyl sites for hydroxylation is 1. The van der Waals surface area contributed by atoms with E-state index in [1.54, 1.807) is 12.0 Å². The van der Waals surface area contributed by atoms with Crippen LogP contribution in [0, 0.1) is 5.92 Å². The summed E-state index contributed by atoms with van der Waals surface area (Å²) in [7, 11) is 1.63. The number of ether oxygens (including phenoxy) is 1. The van der Waals surface area contributed by atoms with Crippen molar-refractivity contribution in [1.29, 1.82) is 0 Å². The van der Waals surface area contributed by atoms with E-state index >= 15 is 0 Å². The average Bonchev–Trinajstić information content (AvgIpc) is 3.44. The van der Waals surface area contributed by atoms with Crippen molar-refractivity contribution in [2.75, 3.05) is 26.7 Å². The van der Waals surface area contributed by atoms with Crippen LogP contribution in [0.4, 0.5) is 4.79 Å². The molecule has 0 bridgehead atoms. The minimum absolute atomic E-state index is 0.145. The molecule has 1 aliphatic rings. The van der Waals surface area contributed by atoms with Crippen molar-refractivity contribution in [3.63, 3.8) is 0 Å². The fourth-order valence-corrected chi connectivity index (χ4v) is 6.61. The Morgan fingerprint density at radius 1 is 0.959 bits per heavy atom. The fraction of sp³-hybridized carbons (Fsp3) is 0.462. The maximum atomic E-state index is 14.4. The number of benzene rings is 3. The molecule has 10 heteroatoms. The highest BCUT2D eigenvalue weighted by Gasteiger charge is 2.53. The monoisotopic (exact) mass is 671 g/mol. The van der Waals surface area contributed by atoms with Crippen LogP contribution in [-0.2, 0) is 29.0 Å². The van der Waals surface area contributed by atoms with Crippen LogP contribution in [0.25, 0.3) is 0 Å². The van der Waals surface area contributed by atoms with E-state index in [9.17, 15) is 19.5 Å². The summed E-state index contributed by atoms with van der Waals surface area (Å²) in [5.74, 6) is 0.0378. The second-order valence-corrected chi connectivity index (χ2v) is 12.9. The minimum Gasteiger partial charge on any atom is -0.497 e. The number of hydrogen-bond donors (Lipinski definition) is 5. The van der Waals surface area contributed by atoms with Crippen LogP contribution in [0.15, 0.2) is 84.9 Å².